The van der Waals surface area contributed by atoms with Crippen LogP contribution >= 0.6 is 11.8 Å². The number of hydrogen-bond donors (Lipinski definition) is 0. The first-order valence-corrected chi connectivity index (χ1v) is 6.98. The molecule has 2 rings (SSSR count). The molecule has 0 radical (unpaired) electrons. The molecule has 0 aliphatic heterocycles. The maximum Gasteiger partial charge on any atom is 0.214 e. The zero-order valence-corrected chi connectivity index (χ0v) is 11.0. The van der Waals surface area contributed by atoms with Gasteiger partial charge in [0.1, 0.15) is 0 Å². The Morgan fingerprint density at radius 2 is 2.06 bits per heavy atom. The van der Waals surface area contributed by atoms with Gasteiger partial charge in [-0.05, 0) is 41.8 Å². The van der Waals surface area contributed by atoms with Crippen LogP contribution in [0.15, 0.2) is 48.1 Å². The van der Waals surface area contributed by atoms with E-state index in [9.17, 15) is 0 Å². The number of benzene rings is 1. The van der Waals surface area contributed by atoms with Gasteiger partial charge in [-0.25, -0.2) is 0 Å². The van der Waals surface area contributed by atoms with Crippen molar-refractivity contribution in [3.8, 4) is 5.69 Å². The Morgan fingerprint density at radius 3 is 2.83 bits per heavy atom. The van der Waals surface area contributed by atoms with Gasteiger partial charge >= 0.3 is 0 Å². The second kappa shape index (κ2) is 6.96. The summed E-state index contributed by atoms with van der Waals surface area (Å²) in [6.07, 6.45) is 5.35. The first-order valence-electron chi connectivity index (χ1n) is 5.99. The van der Waals surface area contributed by atoms with Gasteiger partial charge in [-0.2, -0.15) is 4.68 Å². The van der Waals surface area contributed by atoms with Crippen LogP contribution in [0.2, 0.25) is 0 Å². The monoisotopic (exact) mass is 260 g/mol. The minimum atomic E-state index is 0.847. The molecule has 0 amide bonds. The van der Waals surface area contributed by atoms with Crippen LogP contribution in [0.3, 0.4) is 0 Å². The molecule has 0 fully saturated rings. The molecule has 0 aliphatic carbocycles. The third-order valence-corrected chi connectivity index (χ3v) is 3.48. The first kappa shape index (κ1) is 12.8. The van der Waals surface area contributed by atoms with Crippen LogP contribution in [0.1, 0.15) is 19.3 Å². The number of tetrazole rings is 1. The van der Waals surface area contributed by atoms with Crippen molar-refractivity contribution < 1.29 is 0 Å². The molecule has 0 N–H and O–H groups in total. The summed E-state index contributed by atoms with van der Waals surface area (Å²) >= 11 is 1.69. The maximum atomic E-state index is 4.06. The van der Waals surface area contributed by atoms with E-state index in [1.165, 1.54) is 6.42 Å². The third kappa shape index (κ3) is 3.43. The summed E-state index contributed by atoms with van der Waals surface area (Å²) in [7, 11) is 0. The van der Waals surface area contributed by atoms with Crippen LogP contribution in [0.4, 0.5) is 0 Å². The highest BCUT2D eigenvalue weighted by Gasteiger charge is 2.07. The van der Waals surface area contributed by atoms with Gasteiger partial charge in [0, 0.05) is 5.75 Å². The molecule has 18 heavy (non-hydrogen) atoms. The van der Waals surface area contributed by atoms with Crippen molar-refractivity contribution >= 4 is 11.8 Å². The number of nitrogens with zero attached hydrogens (tertiary/aromatic N) is 4. The summed E-state index contributed by atoms with van der Waals surface area (Å²) in [4.78, 5) is 0. The number of unbranched alkanes of at least 4 members (excludes halogenated alkanes) is 2. The number of hydrogen-bond acceptors (Lipinski definition) is 4. The lowest BCUT2D eigenvalue weighted by Crippen LogP contribution is -1.98. The molecule has 1 aromatic heterocycles. The Hall–Kier alpha value is -1.62. The number of para-hydroxylation sites is 1. The lowest BCUT2D eigenvalue weighted by molar-refractivity contribution is 0.754. The Bertz CT molecular complexity index is 481. The van der Waals surface area contributed by atoms with E-state index in [1.54, 1.807) is 16.4 Å². The molecular weight excluding hydrogens is 244 g/mol. The molecule has 1 aromatic carbocycles. The van der Waals surface area contributed by atoms with Crippen LogP contribution in [-0.4, -0.2) is 26.0 Å². The van der Waals surface area contributed by atoms with E-state index in [0.29, 0.717) is 0 Å². The lowest BCUT2D eigenvalue weighted by Gasteiger charge is -2.03. The van der Waals surface area contributed by atoms with Crippen LogP contribution in [-0.2, 0) is 0 Å². The summed E-state index contributed by atoms with van der Waals surface area (Å²) in [6, 6.07) is 9.94. The number of rotatable bonds is 7. The largest absolute Gasteiger partial charge is 0.214 e. The summed E-state index contributed by atoms with van der Waals surface area (Å²) in [5.41, 5.74) is 0.996. The molecule has 0 spiro atoms. The summed E-state index contributed by atoms with van der Waals surface area (Å²) in [5, 5.41) is 12.7. The summed E-state index contributed by atoms with van der Waals surface area (Å²) in [6.45, 7) is 3.72. The van der Waals surface area contributed by atoms with Gasteiger partial charge in [-0.15, -0.1) is 11.7 Å². The highest BCUT2D eigenvalue weighted by Crippen LogP contribution is 2.19. The molecule has 0 atom stereocenters. The average Bonchev–Trinajstić information content (AvgIpc) is 2.88. The van der Waals surface area contributed by atoms with Crippen molar-refractivity contribution in [2.75, 3.05) is 5.75 Å². The predicted molar refractivity (Wildman–Crippen MR) is 73.9 cm³/mol. The van der Waals surface area contributed by atoms with E-state index < -0.39 is 0 Å². The zero-order chi connectivity index (χ0) is 12.6. The highest BCUT2D eigenvalue weighted by atomic mass is 32.2. The highest BCUT2D eigenvalue weighted by molar-refractivity contribution is 7.99. The molecule has 1 heterocycles. The molecule has 5 heteroatoms. The molecule has 0 aliphatic rings. The van der Waals surface area contributed by atoms with Crippen LogP contribution < -0.4 is 0 Å². The standard InChI is InChI=1S/C13H16N4S/c1-2-3-4-8-11-18-13-14-15-16-17(13)12-9-6-5-7-10-12/h2,5-7,9-10H,1,3-4,8,11H2. The average molecular weight is 260 g/mol. The fraction of sp³-hybridized carbons (Fsp3) is 0.308. The van der Waals surface area contributed by atoms with Crippen molar-refractivity contribution in [2.24, 2.45) is 0 Å². The Morgan fingerprint density at radius 1 is 1.22 bits per heavy atom. The SMILES string of the molecule is C=CCCCCSc1nnnn1-c1ccccc1. The molecule has 0 saturated carbocycles. The van der Waals surface area contributed by atoms with Gasteiger partial charge in [-0.3, -0.25) is 0 Å². The second-order valence-corrected chi connectivity index (χ2v) is 4.90. The van der Waals surface area contributed by atoms with Crippen molar-refractivity contribution in [3.05, 3.63) is 43.0 Å². The maximum absolute atomic E-state index is 4.06. The minimum Gasteiger partial charge on any atom is -0.188 e. The number of allylic oxidation sites excluding steroid dienone is 1. The van der Waals surface area contributed by atoms with Gasteiger partial charge in [0.05, 0.1) is 5.69 Å². The number of thioether (sulfide) groups is 1. The van der Waals surface area contributed by atoms with Gasteiger partial charge in [0.25, 0.3) is 0 Å². The van der Waals surface area contributed by atoms with Gasteiger partial charge < -0.3 is 0 Å². The minimum absolute atomic E-state index is 0.847. The first-order chi connectivity index (χ1) is 8.92. The fourth-order valence-corrected chi connectivity index (χ4v) is 2.44. The summed E-state index contributed by atoms with van der Waals surface area (Å²) < 4.78 is 1.78. The Balaban J connectivity index is 1.94. The normalized spacial score (nSPS) is 10.4. The molecule has 0 saturated heterocycles. The lowest BCUT2D eigenvalue weighted by atomic mass is 10.2. The molecule has 94 valence electrons. The van der Waals surface area contributed by atoms with Crippen molar-refractivity contribution in [2.45, 2.75) is 24.4 Å². The molecular formula is C13H16N4S. The van der Waals surface area contributed by atoms with E-state index in [4.69, 9.17) is 0 Å². The smallest absolute Gasteiger partial charge is 0.188 e. The Labute approximate surface area is 111 Å². The van der Waals surface area contributed by atoms with Crippen molar-refractivity contribution in [1.29, 1.82) is 0 Å². The molecule has 0 unspecified atom stereocenters. The Kier molecular flexibility index (Phi) is 4.96. The van der Waals surface area contributed by atoms with Gasteiger partial charge in [0.2, 0.25) is 5.16 Å². The van der Waals surface area contributed by atoms with Gasteiger partial charge in [-0.1, -0.05) is 36.0 Å². The molecule has 0 bridgehead atoms. The van der Waals surface area contributed by atoms with E-state index in [-0.39, 0.29) is 0 Å². The van der Waals surface area contributed by atoms with Crippen LogP contribution in [0.5, 0.6) is 0 Å². The van der Waals surface area contributed by atoms with Crippen molar-refractivity contribution in [1.82, 2.24) is 20.2 Å². The topological polar surface area (TPSA) is 43.6 Å². The number of aromatic nitrogens is 4. The second-order valence-electron chi connectivity index (χ2n) is 3.84. The van der Waals surface area contributed by atoms with E-state index in [0.717, 1.165) is 29.4 Å². The zero-order valence-electron chi connectivity index (χ0n) is 10.2. The van der Waals surface area contributed by atoms with E-state index >= 15 is 0 Å². The predicted octanol–water partition coefficient (Wildman–Crippen LogP) is 3.11. The third-order valence-electron chi connectivity index (χ3n) is 2.48. The van der Waals surface area contributed by atoms with Crippen molar-refractivity contribution in [3.63, 3.8) is 0 Å². The van der Waals surface area contributed by atoms with E-state index in [2.05, 4.69) is 22.1 Å². The summed E-state index contributed by atoms with van der Waals surface area (Å²) in [5.74, 6) is 1.03. The fourth-order valence-electron chi connectivity index (χ4n) is 1.55. The van der Waals surface area contributed by atoms with E-state index in [1.807, 2.05) is 36.4 Å². The molecule has 2 aromatic rings. The quantitative estimate of drug-likeness (QED) is 0.436. The van der Waals surface area contributed by atoms with Crippen LogP contribution in [0.25, 0.3) is 5.69 Å². The van der Waals surface area contributed by atoms with Gasteiger partial charge in [0.15, 0.2) is 0 Å². The van der Waals surface area contributed by atoms with Crippen LogP contribution in [0, 0.1) is 0 Å². The molecule has 4 nitrogen and oxygen atoms in total.